The summed E-state index contributed by atoms with van der Waals surface area (Å²) in [5.74, 6) is -3.45. The molecule has 0 aliphatic rings. The Morgan fingerprint density at radius 1 is 1.19 bits per heavy atom. The number of esters is 1. The molecule has 138 valence electrons. The number of aryl methyl sites for hydroxylation is 2. The molecule has 0 radical (unpaired) electrons. The number of halogens is 2. The molecule has 0 saturated carbocycles. The van der Waals surface area contributed by atoms with E-state index in [0.717, 1.165) is 35.3 Å². The van der Waals surface area contributed by atoms with Crippen LogP contribution in [0.5, 0.6) is 0 Å². The van der Waals surface area contributed by atoms with Crippen LogP contribution in [0, 0.1) is 25.5 Å². The minimum Gasteiger partial charge on any atom is -0.452 e. The molecule has 0 saturated heterocycles. The molecule has 1 aromatic carbocycles. The van der Waals surface area contributed by atoms with Crippen molar-refractivity contribution in [2.45, 2.75) is 32.0 Å². The zero-order chi connectivity index (χ0) is 19.3. The molecule has 2 rings (SSSR count). The highest BCUT2D eigenvalue weighted by molar-refractivity contribution is 7.99. The van der Waals surface area contributed by atoms with Gasteiger partial charge in [0.2, 0.25) is 0 Å². The molecule has 0 fully saturated rings. The average molecular weight is 381 g/mol. The highest BCUT2D eigenvalue weighted by Gasteiger charge is 2.21. The molecule has 0 aliphatic carbocycles. The van der Waals surface area contributed by atoms with Gasteiger partial charge in [-0.15, -0.1) is 0 Å². The van der Waals surface area contributed by atoms with Gasteiger partial charge in [-0.1, -0.05) is 17.8 Å². The van der Waals surface area contributed by atoms with Crippen molar-refractivity contribution in [2.24, 2.45) is 0 Å². The number of carbonyl (C=O) groups excluding carboxylic acids is 2. The zero-order valence-electron chi connectivity index (χ0n) is 14.4. The van der Waals surface area contributed by atoms with Gasteiger partial charge < -0.3 is 10.1 Å². The van der Waals surface area contributed by atoms with Crippen LogP contribution in [-0.2, 0) is 14.3 Å². The Labute approximate surface area is 153 Å². The fourth-order valence-electron chi connectivity index (χ4n) is 2.01. The molecule has 1 atom stereocenters. The number of hydrogen-bond donors (Lipinski definition) is 1. The van der Waals surface area contributed by atoms with Crippen LogP contribution in [0.25, 0.3) is 0 Å². The molecule has 1 amide bonds. The third-order valence-corrected chi connectivity index (χ3v) is 3.99. The van der Waals surface area contributed by atoms with Crippen molar-refractivity contribution in [3.8, 4) is 0 Å². The van der Waals surface area contributed by atoms with Crippen molar-refractivity contribution < 1.29 is 23.1 Å². The third kappa shape index (κ3) is 5.48. The van der Waals surface area contributed by atoms with Gasteiger partial charge in [0.25, 0.3) is 5.91 Å². The maximum absolute atomic E-state index is 13.5. The lowest BCUT2D eigenvalue weighted by atomic mass is 10.2. The van der Waals surface area contributed by atoms with Gasteiger partial charge in [-0.2, -0.15) is 0 Å². The Morgan fingerprint density at radius 3 is 2.35 bits per heavy atom. The Kier molecular flexibility index (Phi) is 6.62. The van der Waals surface area contributed by atoms with Crippen LogP contribution in [0.1, 0.15) is 18.3 Å². The molecule has 6 nitrogen and oxygen atoms in total. The van der Waals surface area contributed by atoms with Crippen LogP contribution in [0.4, 0.5) is 14.5 Å². The first-order valence-corrected chi connectivity index (χ1v) is 8.64. The number of carbonyl (C=O) groups is 2. The molecule has 1 heterocycles. The van der Waals surface area contributed by atoms with Crippen molar-refractivity contribution in [2.75, 3.05) is 11.1 Å². The summed E-state index contributed by atoms with van der Waals surface area (Å²) in [5.41, 5.74) is 0.958. The van der Waals surface area contributed by atoms with E-state index in [2.05, 4.69) is 15.3 Å². The summed E-state index contributed by atoms with van der Waals surface area (Å²) in [6.07, 6.45) is -1.22. The first-order valence-electron chi connectivity index (χ1n) is 7.65. The minimum absolute atomic E-state index is 0.103. The normalized spacial score (nSPS) is 11.7. The lowest BCUT2D eigenvalue weighted by Gasteiger charge is -2.14. The molecule has 1 N–H and O–H groups in total. The number of nitrogens with zero attached hydrogens (tertiary/aromatic N) is 2. The summed E-state index contributed by atoms with van der Waals surface area (Å²) >= 11 is 1.07. The Morgan fingerprint density at radius 2 is 1.77 bits per heavy atom. The maximum Gasteiger partial charge on any atom is 0.317 e. The van der Waals surface area contributed by atoms with Crippen molar-refractivity contribution in [3.63, 3.8) is 0 Å². The number of hydrogen-bond acceptors (Lipinski definition) is 6. The van der Waals surface area contributed by atoms with Gasteiger partial charge in [-0.25, -0.2) is 18.7 Å². The van der Waals surface area contributed by atoms with E-state index in [9.17, 15) is 18.4 Å². The number of ether oxygens (including phenoxy) is 1. The molecule has 1 aromatic heterocycles. The van der Waals surface area contributed by atoms with Crippen LogP contribution in [0.3, 0.4) is 0 Å². The van der Waals surface area contributed by atoms with Gasteiger partial charge in [-0.3, -0.25) is 9.59 Å². The summed E-state index contributed by atoms with van der Waals surface area (Å²) in [7, 11) is 0. The van der Waals surface area contributed by atoms with E-state index in [4.69, 9.17) is 4.74 Å². The lowest BCUT2D eigenvalue weighted by molar-refractivity contribution is -0.150. The number of rotatable bonds is 6. The standard InChI is InChI=1S/C17H17F2N3O3S/c1-9-7-10(2)21-17(20-9)26-8-14(23)25-11(3)16(24)22-15-12(18)5-4-6-13(15)19/h4-7,11H,8H2,1-3H3,(H,22,24)/t11-/m0/s1. The van der Waals surface area contributed by atoms with Gasteiger partial charge in [0.15, 0.2) is 11.3 Å². The molecular formula is C17H17F2N3O3S. The Bertz CT molecular complexity index is 792. The molecule has 0 bridgehead atoms. The van der Waals surface area contributed by atoms with E-state index in [0.29, 0.717) is 5.16 Å². The fourth-order valence-corrected chi connectivity index (χ4v) is 2.74. The molecule has 2 aromatic rings. The Hall–Kier alpha value is -2.55. The smallest absolute Gasteiger partial charge is 0.317 e. The minimum atomic E-state index is -1.22. The third-order valence-electron chi connectivity index (χ3n) is 3.17. The first kappa shape index (κ1) is 19.8. The lowest BCUT2D eigenvalue weighted by Crippen LogP contribution is -2.31. The largest absolute Gasteiger partial charge is 0.452 e. The topological polar surface area (TPSA) is 81.2 Å². The van der Waals surface area contributed by atoms with E-state index >= 15 is 0 Å². The Balaban J connectivity index is 1.89. The number of benzene rings is 1. The van der Waals surface area contributed by atoms with Crippen molar-refractivity contribution in [3.05, 3.63) is 47.3 Å². The summed E-state index contributed by atoms with van der Waals surface area (Å²) < 4.78 is 32.0. The van der Waals surface area contributed by atoms with Gasteiger partial charge in [0.05, 0.1) is 5.75 Å². The highest BCUT2D eigenvalue weighted by atomic mass is 32.2. The maximum atomic E-state index is 13.5. The number of thioether (sulfide) groups is 1. The second kappa shape index (κ2) is 8.70. The molecule has 9 heteroatoms. The first-order chi connectivity index (χ1) is 12.3. The predicted octanol–water partition coefficient (Wildman–Crippen LogP) is 3.03. The van der Waals surface area contributed by atoms with Crippen LogP contribution in [0.2, 0.25) is 0 Å². The van der Waals surface area contributed by atoms with E-state index < -0.39 is 35.3 Å². The SMILES string of the molecule is Cc1cc(C)nc(SCC(=O)O[C@@H](C)C(=O)Nc2c(F)cccc2F)n1. The van der Waals surface area contributed by atoms with Gasteiger partial charge >= 0.3 is 5.97 Å². The van der Waals surface area contributed by atoms with E-state index in [1.807, 2.05) is 13.8 Å². The zero-order valence-corrected chi connectivity index (χ0v) is 15.2. The second-order valence-corrected chi connectivity index (χ2v) is 6.38. The fraction of sp³-hybridized carbons (Fsp3) is 0.294. The molecule has 0 spiro atoms. The number of nitrogens with one attached hydrogen (secondary N) is 1. The monoisotopic (exact) mass is 381 g/mol. The van der Waals surface area contributed by atoms with Gasteiger partial charge in [0.1, 0.15) is 17.3 Å². The molecular weight excluding hydrogens is 364 g/mol. The van der Waals surface area contributed by atoms with Crippen LogP contribution < -0.4 is 5.32 Å². The van der Waals surface area contributed by atoms with Gasteiger partial charge in [0, 0.05) is 11.4 Å². The number of aromatic nitrogens is 2. The van der Waals surface area contributed by atoms with Crippen LogP contribution in [-0.4, -0.2) is 33.7 Å². The van der Waals surface area contributed by atoms with Crippen molar-refractivity contribution >= 4 is 29.3 Å². The summed E-state index contributed by atoms with van der Waals surface area (Å²) in [5, 5.41) is 2.50. The van der Waals surface area contributed by atoms with Crippen molar-refractivity contribution in [1.29, 1.82) is 0 Å². The number of para-hydroxylation sites is 1. The van der Waals surface area contributed by atoms with Gasteiger partial charge in [-0.05, 0) is 39.0 Å². The second-order valence-electron chi connectivity index (χ2n) is 5.44. The predicted molar refractivity (Wildman–Crippen MR) is 92.8 cm³/mol. The number of amides is 1. The average Bonchev–Trinajstić information content (AvgIpc) is 2.55. The summed E-state index contributed by atoms with van der Waals surface area (Å²) in [4.78, 5) is 32.2. The molecule has 0 aliphatic heterocycles. The summed E-state index contributed by atoms with van der Waals surface area (Å²) in [6, 6.07) is 5.00. The molecule has 0 unspecified atom stereocenters. The summed E-state index contributed by atoms with van der Waals surface area (Å²) in [6.45, 7) is 4.93. The van der Waals surface area contributed by atoms with Crippen LogP contribution in [0.15, 0.2) is 29.4 Å². The number of anilines is 1. The highest BCUT2D eigenvalue weighted by Crippen LogP contribution is 2.19. The van der Waals surface area contributed by atoms with Crippen LogP contribution >= 0.6 is 11.8 Å². The van der Waals surface area contributed by atoms with E-state index in [1.54, 1.807) is 6.07 Å². The quantitative estimate of drug-likeness (QED) is 0.471. The van der Waals surface area contributed by atoms with Crippen molar-refractivity contribution in [1.82, 2.24) is 9.97 Å². The van der Waals surface area contributed by atoms with E-state index in [-0.39, 0.29) is 5.75 Å². The van der Waals surface area contributed by atoms with E-state index in [1.165, 1.54) is 13.0 Å². The molecule has 26 heavy (non-hydrogen) atoms.